The quantitative estimate of drug-likeness (QED) is 0.753. The fraction of sp³-hybridized carbons (Fsp3) is 0.435. The molecule has 6 nitrogen and oxygen atoms in total. The molecule has 1 amide bonds. The van der Waals surface area contributed by atoms with E-state index in [4.69, 9.17) is 9.47 Å². The summed E-state index contributed by atoms with van der Waals surface area (Å²) in [5.74, 6) is 1.83. The van der Waals surface area contributed by atoms with Gasteiger partial charge in [0.2, 0.25) is 12.7 Å². The van der Waals surface area contributed by atoms with Crippen LogP contribution < -0.4 is 14.4 Å². The molecule has 1 saturated heterocycles. The first kappa shape index (κ1) is 19.7. The van der Waals surface area contributed by atoms with Crippen LogP contribution in [0.5, 0.6) is 11.5 Å². The van der Waals surface area contributed by atoms with Crippen LogP contribution in [0.2, 0.25) is 0 Å². The predicted molar refractivity (Wildman–Crippen MR) is 113 cm³/mol. The minimum atomic E-state index is -0.122. The largest absolute Gasteiger partial charge is 0.454 e. The maximum atomic E-state index is 13.1. The Morgan fingerprint density at radius 1 is 1.03 bits per heavy atom. The molecule has 1 fully saturated rings. The Hall–Kier alpha value is -2.57. The van der Waals surface area contributed by atoms with Gasteiger partial charge < -0.3 is 14.4 Å². The topological polar surface area (TPSA) is 45.3 Å². The van der Waals surface area contributed by atoms with Gasteiger partial charge in [-0.05, 0) is 43.7 Å². The molecule has 0 saturated carbocycles. The van der Waals surface area contributed by atoms with Crippen molar-refractivity contribution in [3.63, 3.8) is 0 Å². The molecule has 2 aromatic rings. The van der Waals surface area contributed by atoms with Crippen LogP contribution in [0.25, 0.3) is 0 Å². The number of likely N-dealkylation sites (N-methyl/N-ethyl adjacent to an activating group) is 1. The van der Waals surface area contributed by atoms with Crippen molar-refractivity contribution < 1.29 is 14.3 Å². The van der Waals surface area contributed by atoms with Gasteiger partial charge in [-0.1, -0.05) is 24.3 Å². The second-order valence-corrected chi connectivity index (χ2v) is 7.59. The van der Waals surface area contributed by atoms with Crippen molar-refractivity contribution in [1.82, 2.24) is 9.80 Å². The van der Waals surface area contributed by atoms with Gasteiger partial charge in [-0.3, -0.25) is 14.6 Å². The Morgan fingerprint density at radius 2 is 1.76 bits per heavy atom. The molecule has 0 unspecified atom stereocenters. The van der Waals surface area contributed by atoms with Crippen LogP contribution in [0, 0.1) is 0 Å². The predicted octanol–water partition coefficient (Wildman–Crippen LogP) is 2.97. The lowest BCUT2D eigenvalue weighted by molar-refractivity contribution is -0.124. The van der Waals surface area contributed by atoms with Gasteiger partial charge in [-0.2, -0.15) is 0 Å². The summed E-state index contributed by atoms with van der Waals surface area (Å²) in [6, 6.07) is 16.0. The molecule has 154 valence electrons. The fourth-order valence-electron chi connectivity index (χ4n) is 4.06. The summed E-state index contributed by atoms with van der Waals surface area (Å²) in [7, 11) is 0. The lowest BCUT2D eigenvalue weighted by atomic mass is 10.1. The standard InChI is InChI=1S/C23H29N3O3/c1-3-26(20-7-5-4-6-8-20)23(27)18(2)25-13-11-24(12-14-25)16-19-9-10-21-22(15-19)29-17-28-21/h4-10,15,18H,3,11-14,16-17H2,1-2H3/t18-/m0/s1. The van der Waals surface area contributed by atoms with Crippen LogP contribution in [-0.2, 0) is 11.3 Å². The minimum absolute atomic E-state index is 0.122. The number of hydrogen-bond acceptors (Lipinski definition) is 5. The smallest absolute Gasteiger partial charge is 0.244 e. The number of carbonyl (C=O) groups is 1. The third kappa shape index (κ3) is 4.38. The average molecular weight is 396 g/mol. The van der Waals surface area contributed by atoms with E-state index in [-0.39, 0.29) is 11.9 Å². The van der Waals surface area contributed by atoms with E-state index in [1.54, 1.807) is 0 Å². The molecule has 1 atom stereocenters. The van der Waals surface area contributed by atoms with E-state index in [0.29, 0.717) is 13.3 Å². The zero-order valence-corrected chi connectivity index (χ0v) is 17.2. The van der Waals surface area contributed by atoms with Crippen LogP contribution in [0.1, 0.15) is 19.4 Å². The highest BCUT2D eigenvalue weighted by molar-refractivity contribution is 5.96. The van der Waals surface area contributed by atoms with Gasteiger partial charge in [0.15, 0.2) is 11.5 Å². The van der Waals surface area contributed by atoms with Crippen LogP contribution in [-0.4, -0.2) is 61.3 Å². The molecule has 29 heavy (non-hydrogen) atoms. The zero-order valence-electron chi connectivity index (χ0n) is 17.2. The van der Waals surface area contributed by atoms with Crippen LogP contribution >= 0.6 is 0 Å². The lowest BCUT2D eigenvalue weighted by Crippen LogP contribution is -2.54. The van der Waals surface area contributed by atoms with Crippen molar-refractivity contribution in [2.24, 2.45) is 0 Å². The Kier molecular flexibility index (Phi) is 6.02. The number of para-hydroxylation sites is 1. The summed E-state index contributed by atoms with van der Waals surface area (Å²) in [5, 5.41) is 0. The highest BCUT2D eigenvalue weighted by Gasteiger charge is 2.29. The van der Waals surface area contributed by atoms with E-state index in [1.807, 2.05) is 55.1 Å². The summed E-state index contributed by atoms with van der Waals surface area (Å²) in [5.41, 5.74) is 2.20. The molecule has 6 heteroatoms. The molecule has 0 radical (unpaired) electrons. The number of nitrogens with zero attached hydrogens (tertiary/aromatic N) is 3. The third-order valence-corrected chi connectivity index (χ3v) is 5.81. The van der Waals surface area contributed by atoms with E-state index >= 15 is 0 Å². The van der Waals surface area contributed by atoms with Crippen LogP contribution in [0.4, 0.5) is 5.69 Å². The molecule has 0 aliphatic carbocycles. The first-order valence-corrected chi connectivity index (χ1v) is 10.4. The number of ether oxygens (including phenoxy) is 2. The first-order chi connectivity index (χ1) is 14.2. The summed E-state index contributed by atoms with van der Waals surface area (Å²) in [4.78, 5) is 19.7. The highest BCUT2D eigenvalue weighted by Crippen LogP contribution is 2.32. The summed E-state index contributed by atoms with van der Waals surface area (Å²) < 4.78 is 10.9. The minimum Gasteiger partial charge on any atom is -0.454 e. The average Bonchev–Trinajstić information content (AvgIpc) is 3.23. The molecule has 0 bridgehead atoms. The van der Waals surface area contributed by atoms with E-state index < -0.39 is 0 Å². The molecule has 2 aromatic carbocycles. The Balaban J connectivity index is 1.32. The SMILES string of the molecule is CCN(C(=O)[C@H](C)N1CCN(Cc2ccc3c(c2)OCO3)CC1)c1ccccc1. The second kappa shape index (κ2) is 8.84. The molecule has 0 N–H and O–H groups in total. The van der Waals surface area contributed by atoms with Gasteiger partial charge in [0, 0.05) is 45.0 Å². The van der Waals surface area contributed by atoms with E-state index in [2.05, 4.69) is 21.9 Å². The van der Waals surface area contributed by atoms with Crippen molar-refractivity contribution in [3.8, 4) is 11.5 Å². The van der Waals surface area contributed by atoms with Gasteiger partial charge in [-0.15, -0.1) is 0 Å². The van der Waals surface area contributed by atoms with Crippen molar-refractivity contribution in [3.05, 3.63) is 54.1 Å². The number of carbonyl (C=O) groups excluding carboxylic acids is 1. The van der Waals surface area contributed by atoms with Crippen molar-refractivity contribution in [1.29, 1.82) is 0 Å². The number of piperazine rings is 1. The summed E-state index contributed by atoms with van der Waals surface area (Å²) in [6.07, 6.45) is 0. The molecular weight excluding hydrogens is 366 g/mol. The van der Waals surface area contributed by atoms with Gasteiger partial charge in [0.05, 0.1) is 6.04 Å². The van der Waals surface area contributed by atoms with Crippen LogP contribution in [0.3, 0.4) is 0 Å². The first-order valence-electron chi connectivity index (χ1n) is 10.4. The van der Waals surface area contributed by atoms with Gasteiger partial charge in [0.25, 0.3) is 0 Å². The number of benzene rings is 2. The second-order valence-electron chi connectivity index (χ2n) is 7.59. The van der Waals surface area contributed by atoms with E-state index in [0.717, 1.165) is 49.9 Å². The normalized spacial score (nSPS) is 17.9. The van der Waals surface area contributed by atoms with Crippen molar-refractivity contribution >= 4 is 11.6 Å². The molecular formula is C23H29N3O3. The number of rotatable bonds is 6. The molecule has 2 aliphatic rings. The third-order valence-electron chi connectivity index (χ3n) is 5.81. The van der Waals surface area contributed by atoms with Crippen LogP contribution in [0.15, 0.2) is 48.5 Å². The Bertz CT molecular complexity index is 835. The highest BCUT2D eigenvalue weighted by atomic mass is 16.7. The van der Waals surface area contributed by atoms with Crippen molar-refractivity contribution in [2.75, 3.05) is 44.4 Å². The van der Waals surface area contributed by atoms with Gasteiger partial charge in [-0.25, -0.2) is 0 Å². The van der Waals surface area contributed by atoms with E-state index in [9.17, 15) is 4.79 Å². The number of fused-ring (bicyclic) bond motifs is 1. The monoisotopic (exact) mass is 395 g/mol. The number of anilines is 1. The fourth-order valence-corrected chi connectivity index (χ4v) is 4.06. The Morgan fingerprint density at radius 3 is 2.48 bits per heavy atom. The van der Waals surface area contributed by atoms with Gasteiger partial charge in [0.1, 0.15) is 0 Å². The maximum absolute atomic E-state index is 13.1. The zero-order chi connectivity index (χ0) is 20.2. The molecule has 4 rings (SSSR count). The lowest BCUT2D eigenvalue weighted by Gasteiger charge is -2.39. The molecule has 0 aromatic heterocycles. The van der Waals surface area contributed by atoms with Gasteiger partial charge >= 0.3 is 0 Å². The molecule has 0 spiro atoms. The number of amides is 1. The summed E-state index contributed by atoms with van der Waals surface area (Å²) in [6.45, 7) is 9.61. The van der Waals surface area contributed by atoms with E-state index in [1.165, 1.54) is 5.56 Å². The summed E-state index contributed by atoms with van der Waals surface area (Å²) >= 11 is 0. The molecule has 2 heterocycles. The number of hydrogen-bond donors (Lipinski definition) is 0. The van der Waals surface area contributed by atoms with Crippen molar-refractivity contribution in [2.45, 2.75) is 26.4 Å². The maximum Gasteiger partial charge on any atom is 0.244 e. The Labute approximate surface area is 172 Å². The molecule has 2 aliphatic heterocycles.